The first-order valence-electron chi connectivity index (χ1n) is 9.82. The molecule has 2 aromatic carbocycles. The lowest BCUT2D eigenvalue weighted by Gasteiger charge is -2.16. The standard InChI is InChI=1S/C23H23F2N3O/c24-21-13-17(1-3-19(21)15-5-9-26-10-6-15)23(29)28-18-2-4-20(22(25)14-18)16-7-11-27-12-8-16/h1-5,7,13-14,26-27H,6,8-12H2,(H,28,29). The van der Waals surface area contributed by atoms with Crippen molar-refractivity contribution in [1.82, 2.24) is 10.6 Å². The SMILES string of the molecule is O=C(Nc1ccc(C2=CCNCC2)c(F)c1)c1ccc(C2=CCNCC2)c(F)c1. The maximum atomic E-state index is 14.5. The van der Waals surface area contributed by atoms with Gasteiger partial charge in [0.25, 0.3) is 5.91 Å². The van der Waals surface area contributed by atoms with Gasteiger partial charge in [-0.2, -0.15) is 0 Å². The van der Waals surface area contributed by atoms with Crippen LogP contribution in [0.5, 0.6) is 0 Å². The van der Waals surface area contributed by atoms with Crippen LogP contribution in [0.25, 0.3) is 11.1 Å². The summed E-state index contributed by atoms with van der Waals surface area (Å²) in [5.41, 5.74) is 3.52. The molecule has 2 heterocycles. The number of carbonyl (C=O) groups excluding carboxylic acids is 1. The van der Waals surface area contributed by atoms with Gasteiger partial charge in [0.15, 0.2) is 0 Å². The van der Waals surface area contributed by atoms with E-state index >= 15 is 0 Å². The molecule has 6 heteroatoms. The molecular formula is C23H23F2N3O. The molecule has 0 spiro atoms. The lowest BCUT2D eigenvalue weighted by Crippen LogP contribution is -2.20. The summed E-state index contributed by atoms with van der Waals surface area (Å²) in [5.74, 6) is -1.27. The van der Waals surface area contributed by atoms with Crippen molar-refractivity contribution in [3.8, 4) is 0 Å². The number of hydrogen-bond acceptors (Lipinski definition) is 3. The van der Waals surface area contributed by atoms with E-state index < -0.39 is 11.7 Å². The molecule has 1 amide bonds. The largest absolute Gasteiger partial charge is 0.322 e. The van der Waals surface area contributed by atoms with E-state index in [1.165, 1.54) is 12.1 Å². The van der Waals surface area contributed by atoms with Gasteiger partial charge in [0, 0.05) is 35.5 Å². The molecule has 2 aromatic rings. The summed E-state index contributed by atoms with van der Waals surface area (Å²) in [5, 5.41) is 9.04. The molecule has 0 aromatic heterocycles. The molecule has 3 N–H and O–H groups in total. The molecule has 4 nitrogen and oxygen atoms in total. The zero-order valence-corrected chi connectivity index (χ0v) is 16.0. The number of amides is 1. The summed E-state index contributed by atoms with van der Waals surface area (Å²) >= 11 is 0. The Morgan fingerprint density at radius 3 is 1.93 bits per heavy atom. The molecule has 0 radical (unpaired) electrons. The Morgan fingerprint density at radius 1 is 0.828 bits per heavy atom. The second kappa shape index (κ2) is 8.68. The Bertz CT molecular complexity index is 998. The Hall–Kier alpha value is -2.83. The highest BCUT2D eigenvalue weighted by atomic mass is 19.1. The van der Waals surface area contributed by atoms with Crippen LogP contribution in [0.2, 0.25) is 0 Å². The van der Waals surface area contributed by atoms with Crippen LogP contribution in [0.3, 0.4) is 0 Å². The van der Waals surface area contributed by atoms with Crippen molar-refractivity contribution in [1.29, 1.82) is 0 Å². The number of benzene rings is 2. The minimum Gasteiger partial charge on any atom is -0.322 e. The lowest BCUT2D eigenvalue weighted by atomic mass is 9.98. The van der Waals surface area contributed by atoms with Gasteiger partial charge in [-0.15, -0.1) is 0 Å². The normalized spacial score (nSPS) is 16.8. The fourth-order valence-electron chi connectivity index (χ4n) is 3.71. The molecule has 29 heavy (non-hydrogen) atoms. The number of hydrogen-bond donors (Lipinski definition) is 3. The molecule has 150 valence electrons. The average Bonchev–Trinajstić information content (AvgIpc) is 2.75. The van der Waals surface area contributed by atoms with Crippen LogP contribution in [0, 0.1) is 11.6 Å². The van der Waals surface area contributed by atoms with Crippen LogP contribution in [0.15, 0.2) is 48.6 Å². The second-order valence-corrected chi connectivity index (χ2v) is 7.21. The summed E-state index contributed by atoms with van der Waals surface area (Å²) in [7, 11) is 0. The first kappa shape index (κ1) is 19.5. The molecule has 2 aliphatic rings. The Kier molecular flexibility index (Phi) is 5.83. The Labute approximate surface area is 168 Å². The molecular weight excluding hydrogens is 372 g/mol. The van der Waals surface area contributed by atoms with Crippen molar-refractivity contribution < 1.29 is 13.6 Å². The van der Waals surface area contributed by atoms with E-state index in [9.17, 15) is 13.6 Å². The number of carbonyl (C=O) groups is 1. The van der Waals surface area contributed by atoms with Crippen LogP contribution >= 0.6 is 0 Å². The van der Waals surface area contributed by atoms with Gasteiger partial charge in [-0.1, -0.05) is 18.2 Å². The Morgan fingerprint density at radius 2 is 1.41 bits per heavy atom. The molecule has 0 bridgehead atoms. The van der Waals surface area contributed by atoms with E-state index in [2.05, 4.69) is 16.0 Å². The third-order valence-electron chi connectivity index (χ3n) is 5.28. The van der Waals surface area contributed by atoms with Crippen LogP contribution in [-0.4, -0.2) is 32.1 Å². The van der Waals surface area contributed by atoms with E-state index in [0.717, 1.165) is 43.6 Å². The van der Waals surface area contributed by atoms with Crippen LogP contribution in [-0.2, 0) is 0 Å². The highest BCUT2D eigenvalue weighted by molar-refractivity contribution is 6.04. The van der Waals surface area contributed by atoms with Crippen molar-refractivity contribution >= 4 is 22.7 Å². The fourth-order valence-corrected chi connectivity index (χ4v) is 3.71. The maximum Gasteiger partial charge on any atom is 0.255 e. The van der Waals surface area contributed by atoms with Gasteiger partial charge in [0.1, 0.15) is 11.6 Å². The van der Waals surface area contributed by atoms with Gasteiger partial charge < -0.3 is 16.0 Å². The van der Waals surface area contributed by atoms with Crippen molar-refractivity contribution in [3.05, 3.63) is 76.9 Å². The zero-order chi connectivity index (χ0) is 20.2. The van der Waals surface area contributed by atoms with Gasteiger partial charge in [0.2, 0.25) is 0 Å². The molecule has 0 aliphatic carbocycles. The van der Waals surface area contributed by atoms with Gasteiger partial charge in [0.05, 0.1) is 0 Å². The quantitative estimate of drug-likeness (QED) is 0.734. The fraction of sp³-hybridized carbons (Fsp3) is 0.261. The number of rotatable bonds is 4. The highest BCUT2D eigenvalue weighted by Crippen LogP contribution is 2.26. The predicted molar refractivity (Wildman–Crippen MR) is 112 cm³/mol. The minimum absolute atomic E-state index is 0.200. The van der Waals surface area contributed by atoms with Crippen LogP contribution < -0.4 is 16.0 Å². The molecule has 0 saturated heterocycles. The summed E-state index contributed by atoms with van der Waals surface area (Å²) in [6, 6.07) is 9.12. The zero-order valence-electron chi connectivity index (χ0n) is 16.0. The summed E-state index contributed by atoms with van der Waals surface area (Å²) in [6.07, 6.45) is 5.45. The van der Waals surface area contributed by atoms with Gasteiger partial charge >= 0.3 is 0 Å². The van der Waals surface area contributed by atoms with E-state index in [-0.39, 0.29) is 11.4 Å². The first-order chi connectivity index (χ1) is 14.1. The molecule has 0 atom stereocenters. The highest BCUT2D eigenvalue weighted by Gasteiger charge is 2.15. The van der Waals surface area contributed by atoms with Crippen molar-refractivity contribution in [2.45, 2.75) is 12.8 Å². The van der Waals surface area contributed by atoms with E-state index in [0.29, 0.717) is 23.4 Å². The van der Waals surface area contributed by atoms with Gasteiger partial charge in [-0.3, -0.25) is 4.79 Å². The number of anilines is 1. The third-order valence-corrected chi connectivity index (χ3v) is 5.28. The summed E-state index contributed by atoms with van der Waals surface area (Å²) in [6.45, 7) is 3.06. The minimum atomic E-state index is -0.469. The number of nitrogens with one attached hydrogen (secondary N) is 3. The smallest absolute Gasteiger partial charge is 0.255 e. The monoisotopic (exact) mass is 395 g/mol. The van der Waals surface area contributed by atoms with Gasteiger partial charge in [-0.25, -0.2) is 8.78 Å². The van der Waals surface area contributed by atoms with E-state index in [4.69, 9.17) is 0 Å². The molecule has 2 aliphatic heterocycles. The summed E-state index contributed by atoms with van der Waals surface area (Å²) < 4.78 is 29.1. The van der Waals surface area contributed by atoms with Crippen molar-refractivity contribution in [2.75, 3.05) is 31.5 Å². The molecule has 0 unspecified atom stereocenters. The lowest BCUT2D eigenvalue weighted by molar-refractivity contribution is 0.102. The van der Waals surface area contributed by atoms with Crippen molar-refractivity contribution in [3.63, 3.8) is 0 Å². The topological polar surface area (TPSA) is 53.2 Å². The Balaban J connectivity index is 1.49. The van der Waals surface area contributed by atoms with Crippen LogP contribution in [0.1, 0.15) is 34.3 Å². The maximum absolute atomic E-state index is 14.5. The van der Waals surface area contributed by atoms with E-state index in [1.807, 2.05) is 12.2 Å². The molecule has 0 fully saturated rings. The predicted octanol–water partition coefficient (Wildman–Crippen LogP) is 3.97. The second-order valence-electron chi connectivity index (χ2n) is 7.21. The van der Waals surface area contributed by atoms with Crippen molar-refractivity contribution in [2.24, 2.45) is 0 Å². The van der Waals surface area contributed by atoms with Gasteiger partial charge in [-0.05, 0) is 67.4 Å². The van der Waals surface area contributed by atoms with E-state index in [1.54, 1.807) is 24.3 Å². The third kappa shape index (κ3) is 4.44. The number of halogens is 2. The summed E-state index contributed by atoms with van der Waals surface area (Å²) in [4.78, 5) is 12.5. The van der Waals surface area contributed by atoms with Crippen LogP contribution in [0.4, 0.5) is 14.5 Å². The first-order valence-corrected chi connectivity index (χ1v) is 9.82. The molecule has 0 saturated carbocycles. The average molecular weight is 395 g/mol. The molecule has 4 rings (SSSR count).